The highest BCUT2D eigenvalue weighted by molar-refractivity contribution is 5.75. The second-order valence-corrected chi connectivity index (χ2v) is 7.98. The molecule has 7 heteroatoms. The van der Waals surface area contributed by atoms with Crippen molar-refractivity contribution in [1.29, 1.82) is 0 Å². The number of nitrogens with zero attached hydrogens (tertiary/aromatic N) is 5. The Balaban J connectivity index is 1.67. The number of rotatable bonds is 6. The molecule has 0 radical (unpaired) electrons. The summed E-state index contributed by atoms with van der Waals surface area (Å²) in [6.07, 6.45) is 5.57. The summed E-state index contributed by atoms with van der Waals surface area (Å²) in [5.41, 5.74) is 3.22. The van der Waals surface area contributed by atoms with Crippen LogP contribution in [-0.2, 0) is 13.1 Å². The molecule has 1 aliphatic rings. The second-order valence-electron chi connectivity index (χ2n) is 7.98. The monoisotopic (exact) mass is 384 g/mol. The summed E-state index contributed by atoms with van der Waals surface area (Å²) < 4.78 is 1.96. The zero-order valence-electron chi connectivity index (χ0n) is 17.4. The van der Waals surface area contributed by atoms with Crippen molar-refractivity contribution in [2.45, 2.75) is 58.8 Å². The standard InChI is InChI=1S/C21H32N6O/c1-16-13-18(3)27(24-16)14-17(2)23-21(28)26(15-19-5-9-22-10-6-19)20-7-11-25(4)12-8-20/h5-6,9-10,13,17,20H,7-8,11-12,14-15H2,1-4H3,(H,23,28)/t17-/m0/s1. The summed E-state index contributed by atoms with van der Waals surface area (Å²) in [6, 6.07) is 6.27. The molecule has 7 nitrogen and oxygen atoms in total. The molecule has 3 heterocycles. The molecule has 2 aromatic heterocycles. The average Bonchev–Trinajstić information content (AvgIpc) is 2.98. The van der Waals surface area contributed by atoms with Gasteiger partial charge in [-0.1, -0.05) is 0 Å². The summed E-state index contributed by atoms with van der Waals surface area (Å²) in [6.45, 7) is 9.38. The van der Waals surface area contributed by atoms with Gasteiger partial charge in [-0.25, -0.2) is 4.79 Å². The van der Waals surface area contributed by atoms with Gasteiger partial charge in [0.1, 0.15) is 0 Å². The van der Waals surface area contributed by atoms with E-state index in [1.165, 1.54) is 0 Å². The average molecular weight is 385 g/mol. The van der Waals surface area contributed by atoms with Crippen LogP contribution in [0.25, 0.3) is 0 Å². The lowest BCUT2D eigenvalue weighted by Crippen LogP contribution is -2.52. The Hall–Kier alpha value is -2.41. The normalized spacial score (nSPS) is 16.7. The predicted octanol–water partition coefficient (Wildman–Crippen LogP) is 2.59. The van der Waals surface area contributed by atoms with Gasteiger partial charge in [0.2, 0.25) is 0 Å². The molecule has 3 rings (SSSR count). The Kier molecular flexibility index (Phi) is 6.67. The van der Waals surface area contributed by atoms with Crippen molar-refractivity contribution in [3.8, 4) is 0 Å². The molecule has 1 aliphatic heterocycles. The largest absolute Gasteiger partial charge is 0.334 e. The minimum atomic E-state index is -0.00305. The first-order chi connectivity index (χ1) is 13.4. The first-order valence-electron chi connectivity index (χ1n) is 10.1. The number of pyridine rings is 1. The maximum atomic E-state index is 13.2. The summed E-state index contributed by atoms with van der Waals surface area (Å²) in [5.74, 6) is 0. The van der Waals surface area contributed by atoms with Crippen LogP contribution in [0.4, 0.5) is 4.79 Å². The fraction of sp³-hybridized carbons (Fsp3) is 0.571. The molecule has 2 aromatic rings. The molecule has 1 N–H and O–H groups in total. The van der Waals surface area contributed by atoms with E-state index in [2.05, 4.69) is 33.4 Å². The maximum absolute atomic E-state index is 13.2. The molecule has 0 aliphatic carbocycles. The SMILES string of the molecule is Cc1cc(C)n(C[C@H](C)NC(=O)N(Cc2ccncc2)C2CCN(C)CC2)n1. The van der Waals surface area contributed by atoms with Gasteiger partial charge in [0.25, 0.3) is 0 Å². The Labute approximate surface area is 167 Å². The molecule has 1 fully saturated rings. The highest BCUT2D eigenvalue weighted by Crippen LogP contribution is 2.19. The van der Waals surface area contributed by atoms with Gasteiger partial charge in [0.15, 0.2) is 0 Å². The number of piperidine rings is 1. The number of carbonyl (C=O) groups is 1. The number of urea groups is 1. The zero-order valence-corrected chi connectivity index (χ0v) is 17.4. The highest BCUT2D eigenvalue weighted by Gasteiger charge is 2.28. The van der Waals surface area contributed by atoms with E-state index < -0.39 is 0 Å². The van der Waals surface area contributed by atoms with E-state index in [0.29, 0.717) is 13.1 Å². The smallest absolute Gasteiger partial charge is 0.318 e. The van der Waals surface area contributed by atoms with Crippen molar-refractivity contribution in [2.75, 3.05) is 20.1 Å². The summed E-state index contributed by atoms with van der Waals surface area (Å²) in [5, 5.41) is 7.70. The molecule has 28 heavy (non-hydrogen) atoms. The van der Waals surface area contributed by atoms with Crippen LogP contribution in [0.5, 0.6) is 0 Å². The molecule has 1 saturated heterocycles. The summed E-state index contributed by atoms with van der Waals surface area (Å²) >= 11 is 0. The van der Waals surface area contributed by atoms with Crippen LogP contribution >= 0.6 is 0 Å². The topological polar surface area (TPSA) is 66.3 Å². The predicted molar refractivity (Wildman–Crippen MR) is 110 cm³/mol. The summed E-state index contributed by atoms with van der Waals surface area (Å²) in [4.78, 5) is 21.6. The number of hydrogen-bond acceptors (Lipinski definition) is 4. The van der Waals surface area contributed by atoms with Crippen LogP contribution in [0.3, 0.4) is 0 Å². The molecular weight excluding hydrogens is 352 g/mol. The van der Waals surface area contributed by atoms with Gasteiger partial charge in [-0.3, -0.25) is 9.67 Å². The fourth-order valence-corrected chi connectivity index (χ4v) is 3.82. The first-order valence-corrected chi connectivity index (χ1v) is 10.1. The van der Waals surface area contributed by atoms with Crippen LogP contribution in [0.15, 0.2) is 30.6 Å². The Morgan fingerprint density at radius 2 is 1.96 bits per heavy atom. The third-order valence-corrected chi connectivity index (χ3v) is 5.41. The maximum Gasteiger partial charge on any atom is 0.318 e. The quantitative estimate of drug-likeness (QED) is 0.831. The molecule has 0 unspecified atom stereocenters. The van der Waals surface area contributed by atoms with Crippen LogP contribution in [0.1, 0.15) is 36.7 Å². The van der Waals surface area contributed by atoms with E-state index in [-0.39, 0.29) is 18.1 Å². The van der Waals surface area contributed by atoms with E-state index in [9.17, 15) is 4.79 Å². The molecule has 0 saturated carbocycles. The van der Waals surface area contributed by atoms with Crippen LogP contribution < -0.4 is 5.32 Å². The van der Waals surface area contributed by atoms with Gasteiger partial charge < -0.3 is 15.1 Å². The minimum Gasteiger partial charge on any atom is -0.334 e. The van der Waals surface area contributed by atoms with Crippen molar-refractivity contribution in [3.05, 3.63) is 47.5 Å². The fourth-order valence-electron chi connectivity index (χ4n) is 3.82. The minimum absolute atomic E-state index is 0.000367. The Morgan fingerprint density at radius 1 is 1.29 bits per heavy atom. The van der Waals surface area contributed by atoms with Crippen molar-refractivity contribution in [2.24, 2.45) is 0 Å². The lowest BCUT2D eigenvalue weighted by atomic mass is 10.0. The van der Waals surface area contributed by atoms with Gasteiger partial charge in [0.05, 0.1) is 12.2 Å². The van der Waals surface area contributed by atoms with Crippen LogP contribution in [-0.4, -0.2) is 62.8 Å². The van der Waals surface area contributed by atoms with Crippen molar-refractivity contribution in [1.82, 2.24) is 29.9 Å². The number of hydrogen-bond donors (Lipinski definition) is 1. The van der Waals surface area contributed by atoms with Crippen LogP contribution in [0, 0.1) is 13.8 Å². The Bertz CT molecular complexity index is 766. The van der Waals surface area contributed by atoms with Crippen molar-refractivity contribution < 1.29 is 4.79 Å². The van der Waals surface area contributed by atoms with E-state index in [0.717, 1.165) is 42.9 Å². The molecule has 2 amide bonds. The number of aromatic nitrogens is 3. The van der Waals surface area contributed by atoms with E-state index in [4.69, 9.17) is 0 Å². The zero-order chi connectivity index (χ0) is 20.1. The van der Waals surface area contributed by atoms with Crippen molar-refractivity contribution >= 4 is 6.03 Å². The van der Waals surface area contributed by atoms with E-state index >= 15 is 0 Å². The van der Waals surface area contributed by atoms with Gasteiger partial charge in [-0.15, -0.1) is 0 Å². The Morgan fingerprint density at radius 3 is 2.57 bits per heavy atom. The third-order valence-electron chi connectivity index (χ3n) is 5.41. The van der Waals surface area contributed by atoms with E-state index in [1.807, 2.05) is 42.5 Å². The number of carbonyl (C=O) groups excluding carboxylic acids is 1. The van der Waals surface area contributed by atoms with Gasteiger partial charge in [0, 0.05) is 36.7 Å². The van der Waals surface area contributed by atoms with Gasteiger partial charge >= 0.3 is 6.03 Å². The third kappa shape index (κ3) is 5.32. The van der Waals surface area contributed by atoms with Crippen molar-refractivity contribution in [3.63, 3.8) is 0 Å². The number of nitrogens with one attached hydrogen (secondary N) is 1. The van der Waals surface area contributed by atoms with Gasteiger partial charge in [-0.05, 0) is 77.5 Å². The lowest BCUT2D eigenvalue weighted by molar-refractivity contribution is 0.125. The molecule has 0 bridgehead atoms. The molecule has 0 spiro atoms. The molecule has 1 atom stereocenters. The number of amides is 2. The molecular formula is C21H32N6O. The number of aryl methyl sites for hydroxylation is 2. The van der Waals surface area contributed by atoms with E-state index in [1.54, 1.807) is 12.4 Å². The van der Waals surface area contributed by atoms with Crippen LogP contribution in [0.2, 0.25) is 0 Å². The molecule has 0 aromatic carbocycles. The van der Waals surface area contributed by atoms with Gasteiger partial charge in [-0.2, -0.15) is 5.10 Å². The molecule has 152 valence electrons. The summed E-state index contributed by atoms with van der Waals surface area (Å²) in [7, 11) is 2.14. The highest BCUT2D eigenvalue weighted by atomic mass is 16.2. The lowest BCUT2D eigenvalue weighted by Gasteiger charge is -2.38. The first kappa shape index (κ1) is 20.3. The second kappa shape index (κ2) is 9.19. The number of likely N-dealkylation sites (tertiary alicyclic amines) is 1.